The molecule has 1 unspecified atom stereocenters. The second-order valence-electron chi connectivity index (χ2n) is 4.59. The predicted molar refractivity (Wildman–Crippen MR) is 73.2 cm³/mol. The van der Waals surface area contributed by atoms with Gasteiger partial charge in [-0.3, -0.25) is 14.6 Å². The number of aromatic nitrogens is 2. The van der Waals surface area contributed by atoms with Gasteiger partial charge in [0.1, 0.15) is 0 Å². The molecule has 0 radical (unpaired) electrons. The Morgan fingerprint density at radius 3 is 2.67 bits per heavy atom. The molecular weight excluding hydrogens is 226 g/mol. The Kier molecular flexibility index (Phi) is 3.46. The molecule has 1 aromatic carbocycles. The normalized spacial score (nSPS) is 12.3. The van der Waals surface area contributed by atoms with Crippen molar-refractivity contribution in [1.82, 2.24) is 9.78 Å². The van der Waals surface area contributed by atoms with Gasteiger partial charge in [-0.05, 0) is 19.4 Å². The molecule has 0 fully saturated rings. The number of nitrogens with zero attached hydrogens (tertiary/aromatic N) is 1. The molecule has 2 N–H and O–H groups in total. The molecule has 1 heterocycles. The van der Waals surface area contributed by atoms with Crippen LogP contribution in [0.2, 0.25) is 0 Å². The van der Waals surface area contributed by atoms with E-state index >= 15 is 0 Å². The Morgan fingerprint density at radius 1 is 1.39 bits per heavy atom. The molecule has 1 aromatic heterocycles. The SMILES string of the molecule is CC(=N)CC(C)n1cc(-c2ccccc2)c(=O)[nH]1. The van der Waals surface area contributed by atoms with Crippen molar-refractivity contribution in [3.8, 4) is 11.1 Å². The lowest BCUT2D eigenvalue weighted by Gasteiger charge is -2.11. The summed E-state index contributed by atoms with van der Waals surface area (Å²) in [6.45, 7) is 3.76. The summed E-state index contributed by atoms with van der Waals surface area (Å²) in [5, 5.41) is 10.3. The molecule has 0 aliphatic rings. The molecule has 94 valence electrons. The number of aromatic amines is 1. The summed E-state index contributed by atoms with van der Waals surface area (Å²) >= 11 is 0. The summed E-state index contributed by atoms with van der Waals surface area (Å²) in [4.78, 5) is 11.9. The molecule has 18 heavy (non-hydrogen) atoms. The lowest BCUT2D eigenvalue weighted by atomic mass is 10.1. The summed E-state index contributed by atoms with van der Waals surface area (Å²) in [5.74, 6) is 0. The number of hydrogen-bond acceptors (Lipinski definition) is 2. The Hall–Kier alpha value is -2.10. The van der Waals surface area contributed by atoms with Crippen LogP contribution in [0.25, 0.3) is 11.1 Å². The van der Waals surface area contributed by atoms with Gasteiger partial charge in [0.15, 0.2) is 0 Å². The van der Waals surface area contributed by atoms with Crippen molar-refractivity contribution in [2.45, 2.75) is 26.3 Å². The zero-order chi connectivity index (χ0) is 13.1. The van der Waals surface area contributed by atoms with Crippen molar-refractivity contribution < 1.29 is 0 Å². The first-order valence-corrected chi connectivity index (χ1v) is 5.98. The molecule has 0 saturated carbocycles. The van der Waals surface area contributed by atoms with Crippen LogP contribution in [0.3, 0.4) is 0 Å². The zero-order valence-corrected chi connectivity index (χ0v) is 10.6. The minimum atomic E-state index is -0.0873. The van der Waals surface area contributed by atoms with Crippen molar-refractivity contribution >= 4 is 5.71 Å². The minimum Gasteiger partial charge on any atom is -0.310 e. The van der Waals surface area contributed by atoms with Crippen molar-refractivity contribution in [3.05, 3.63) is 46.9 Å². The lowest BCUT2D eigenvalue weighted by molar-refractivity contribution is 0.502. The number of benzene rings is 1. The topological polar surface area (TPSA) is 61.6 Å². The summed E-state index contributed by atoms with van der Waals surface area (Å²) in [6.07, 6.45) is 2.46. The molecule has 4 heteroatoms. The number of H-pyrrole nitrogens is 1. The van der Waals surface area contributed by atoms with Gasteiger partial charge in [0.25, 0.3) is 5.56 Å². The van der Waals surface area contributed by atoms with E-state index in [1.165, 1.54) is 0 Å². The Balaban J connectivity index is 2.33. The van der Waals surface area contributed by atoms with Gasteiger partial charge in [-0.2, -0.15) is 0 Å². The van der Waals surface area contributed by atoms with Gasteiger partial charge in [0.05, 0.1) is 11.6 Å². The summed E-state index contributed by atoms with van der Waals surface area (Å²) < 4.78 is 1.78. The second kappa shape index (κ2) is 5.04. The van der Waals surface area contributed by atoms with Gasteiger partial charge >= 0.3 is 0 Å². The minimum absolute atomic E-state index is 0.0873. The third-order valence-corrected chi connectivity index (χ3v) is 2.90. The van der Waals surface area contributed by atoms with Crippen LogP contribution in [-0.4, -0.2) is 15.5 Å². The fourth-order valence-electron chi connectivity index (χ4n) is 2.01. The highest BCUT2D eigenvalue weighted by Gasteiger charge is 2.11. The largest absolute Gasteiger partial charge is 0.310 e. The van der Waals surface area contributed by atoms with Crippen molar-refractivity contribution in [1.29, 1.82) is 5.41 Å². The van der Waals surface area contributed by atoms with E-state index in [1.54, 1.807) is 11.6 Å². The monoisotopic (exact) mass is 243 g/mol. The number of rotatable bonds is 4. The molecule has 0 aliphatic heterocycles. The Morgan fingerprint density at radius 2 is 2.06 bits per heavy atom. The third kappa shape index (κ3) is 2.59. The molecule has 0 amide bonds. The second-order valence-corrected chi connectivity index (χ2v) is 4.59. The van der Waals surface area contributed by atoms with E-state index in [9.17, 15) is 4.79 Å². The molecule has 2 aromatic rings. The van der Waals surface area contributed by atoms with Crippen molar-refractivity contribution in [3.63, 3.8) is 0 Å². The predicted octanol–water partition coefficient (Wildman–Crippen LogP) is 2.83. The van der Waals surface area contributed by atoms with Gasteiger partial charge in [-0.1, -0.05) is 30.3 Å². The standard InChI is InChI=1S/C14H17N3O/c1-10(15)8-11(2)17-9-13(14(18)16-17)12-6-4-3-5-7-12/h3-7,9,11,15H,8H2,1-2H3,(H,16,18). The quantitative estimate of drug-likeness (QED) is 0.797. The van der Waals surface area contributed by atoms with Crippen LogP contribution in [0.4, 0.5) is 0 Å². The first-order chi connectivity index (χ1) is 8.58. The third-order valence-electron chi connectivity index (χ3n) is 2.90. The van der Waals surface area contributed by atoms with Crippen LogP contribution in [-0.2, 0) is 0 Å². The Labute approximate surface area is 106 Å². The average Bonchev–Trinajstić information content (AvgIpc) is 2.72. The summed E-state index contributed by atoms with van der Waals surface area (Å²) in [5.41, 5.74) is 2.11. The van der Waals surface area contributed by atoms with Gasteiger partial charge in [-0.25, -0.2) is 0 Å². The first-order valence-electron chi connectivity index (χ1n) is 5.98. The smallest absolute Gasteiger partial charge is 0.271 e. The average molecular weight is 243 g/mol. The fourth-order valence-corrected chi connectivity index (χ4v) is 2.01. The molecule has 0 spiro atoms. The first kappa shape index (κ1) is 12.4. The lowest BCUT2D eigenvalue weighted by Crippen LogP contribution is -2.12. The van der Waals surface area contributed by atoms with Crippen molar-refractivity contribution in [2.75, 3.05) is 0 Å². The van der Waals surface area contributed by atoms with E-state index in [0.29, 0.717) is 17.7 Å². The highest BCUT2D eigenvalue weighted by atomic mass is 16.1. The van der Waals surface area contributed by atoms with E-state index in [2.05, 4.69) is 5.10 Å². The fraction of sp³-hybridized carbons (Fsp3) is 0.286. The molecule has 0 aliphatic carbocycles. The van der Waals surface area contributed by atoms with Crippen LogP contribution < -0.4 is 5.56 Å². The molecule has 1 atom stereocenters. The van der Waals surface area contributed by atoms with Crippen LogP contribution in [0, 0.1) is 5.41 Å². The van der Waals surface area contributed by atoms with E-state index in [-0.39, 0.29) is 11.6 Å². The van der Waals surface area contributed by atoms with Crippen LogP contribution in [0.15, 0.2) is 41.3 Å². The van der Waals surface area contributed by atoms with Gasteiger partial charge in [0, 0.05) is 18.3 Å². The number of hydrogen-bond donors (Lipinski definition) is 2. The maximum absolute atomic E-state index is 11.9. The molecule has 2 rings (SSSR count). The number of nitrogens with one attached hydrogen (secondary N) is 2. The van der Waals surface area contributed by atoms with Crippen LogP contribution >= 0.6 is 0 Å². The van der Waals surface area contributed by atoms with E-state index in [0.717, 1.165) is 5.56 Å². The van der Waals surface area contributed by atoms with E-state index in [4.69, 9.17) is 5.41 Å². The maximum Gasteiger partial charge on any atom is 0.271 e. The van der Waals surface area contributed by atoms with E-state index < -0.39 is 0 Å². The van der Waals surface area contributed by atoms with Crippen LogP contribution in [0.5, 0.6) is 0 Å². The highest BCUT2D eigenvalue weighted by Crippen LogP contribution is 2.17. The molecule has 0 bridgehead atoms. The molecule has 4 nitrogen and oxygen atoms in total. The highest BCUT2D eigenvalue weighted by molar-refractivity contribution is 5.78. The summed E-state index contributed by atoms with van der Waals surface area (Å²) in [6, 6.07) is 9.68. The van der Waals surface area contributed by atoms with Gasteiger partial charge in [-0.15, -0.1) is 0 Å². The molecule has 0 saturated heterocycles. The van der Waals surface area contributed by atoms with Gasteiger partial charge < -0.3 is 5.41 Å². The maximum atomic E-state index is 11.9. The molecular formula is C14H17N3O. The van der Waals surface area contributed by atoms with Crippen molar-refractivity contribution in [2.24, 2.45) is 0 Å². The summed E-state index contributed by atoms with van der Waals surface area (Å²) in [7, 11) is 0. The van der Waals surface area contributed by atoms with Gasteiger partial charge in [0.2, 0.25) is 0 Å². The van der Waals surface area contributed by atoms with E-state index in [1.807, 2.05) is 43.5 Å². The Bertz CT molecular complexity index is 595. The zero-order valence-electron chi connectivity index (χ0n) is 10.6. The van der Waals surface area contributed by atoms with Crippen LogP contribution in [0.1, 0.15) is 26.3 Å².